The molecule has 86 valence electrons. The van der Waals surface area contributed by atoms with Crippen LogP contribution in [0.3, 0.4) is 0 Å². The summed E-state index contributed by atoms with van der Waals surface area (Å²) in [4.78, 5) is 15.8. The van der Waals surface area contributed by atoms with Gasteiger partial charge in [-0.1, -0.05) is 6.92 Å². The molecule has 0 aliphatic carbocycles. The summed E-state index contributed by atoms with van der Waals surface area (Å²) in [6, 6.07) is 0.143. The highest BCUT2D eigenvalue weighted by molar-refractivity contribution is 6.19. The minimum Gasteiger partial charge on any atom is -0.462 e. The maximum atomic E-state index is 11.5. The van der Waals surface area contributed by atoms with Crippen LogP contribution in [-0.4, -0.2) is 24.3 Å². The molecule has 0 radical (unpaired) electrons. The Labute approximate surface area is 91.2 Å². The van der Waals surface area contributed by atoms with Crippen LogP contribution in [0.25, 0.3) is 0 Å². The third kappa shape index (κ3) is 4.63. The molecule has 0 aromatic rings. The second-order valence-corrected chi connectivity index (χ2v) is 3.32. The molecule has 0 aliphatic heterocycles. The number of nitrogens with two attached hydrogens (primary N) is 1. The van der Waals surface area contributed by atoms with E-state index in [2.05, 4.69) is 4.99 Å². The number of esters is 1. The van der Waals surface area contributed by atoms with Crippen LogP contribution in [-0.2, 0) is 9.53 Å². The van der Waals surface area contributed by atoms with E-state index in [1.54, 1.807) is 6.92 Å². The Morgan fingerprint density at radius 1 is 1.47 bits per heavy atom. The van der Waals surface area contributed by atoms with Crippen LogP contribution < -0.4 is 5.73 Å². The fraction of sp³-hybridized carbons (Fsp3) is 0.636. The Morgan fingerprint density at radius 2 is 2.07 bits per heavy atom. The van der Waals surface area contributed by atoms with Crippen molar-refractivity contribution in [3.63, 3.8) is 0 Å². The number of hydrogen-bond donors (Lipinski definition) is 1. The number of rotatable bonds is 5. The molecule has 0 aromatic carbocycles. The molecule has 0 aromatic heterocycles. The monoisotopic (exact) mass is 212 g/mol. The van der Waals surface area contributed by atoms with Gasteiger partial charge in [-0.15, -0.1) is 0 Å². The first kappa shape index (κ1) is 13.7. The van der Waals surface area contributed by atoms with Crippen molar-refractivity contribution in [3.05, 3.63) is 11.8 Å². The summed E-state index contributed by atoms with van der Waals surface area (Å²) in [5.74, 6) is -0.402. The van der Waals surface area contributed by atoms with E-state index >= 15 is 0 Å². The van der Waals surface area contributed by atoms with Crippen LogP contribution in [0.1, 0.15) is 34.1 Å². The molecular formula is C11H20N2O2. The topological polar surface area (TPSA) is 64.7 Å². The van der Waals surface area contributed by atoms with E-state index in [1.807, 2.05) is 20.8 Å². The predicted octanol–water partition coefficient (Wildman–Crippen LogP) is 1.65. The van der Waals surface area contributed by atoms with Crippen molar-refractivity contribution in [3.8, 4) is 0 Å². The molecule has 0 unspecified atom stereocenters. The van der Waals surface area contributed by atoms with Gasteiger partial charge in [0.1, 0.15) is 0 Å². The molecular weight excluding hydrogens is 192 g/mol. The molecule has 0 aliphatic rings. The summed E-state index contributed by atoms with van der Waals surface area (Å²) < 4.78 is 4.89. The fourth-order valence-corrected chi connectivity index (χ4v) is 1.15. The maximum absolute atomic E-state index is 11.5. The molecule has 0 amide bonds. The van der Waals surface area contributed by atoms with Gasteiger partial charge in [0, 0.05) is 12.2 Å². The van der Waals surface area contributed by atoms with Crippen LogP contribution >= 0.6 is 0 Å². The number of aliphatic imine (C=N–C) groups is 1. The summed E-state index contributed by atoms with van der Waals surface area (Å²) >= 11 is 0. The number of carbonyl (C=O) groups excluding carboxylic acids is 1. The fourth-order valence-electron chi connectivity index (χ4n) is 1.15. The second-order valence-electron chi connectivity index (χ2n) is 3.32. The minimum absolute atomic E-state index is 0.143. The van der Waals surface area contributed by atoms with Gasteiger partial charge in [-0.05, 0) is 27.2 Å². The van der Waals surface area contributed by atoms with Gasteiger partial charge in [0.25, 0.3) is 0 Å². The van der Waals surface area contributed by atoms with Crippen LogP contribution in [0.4, 0.5) is 0 Å². The molecule has 0 bridgehead atoms. The number of nitrogens with zero attached hydrogens (tertiary/aromatic N) is 1. The highest BCUT2D eigenvalue weighted by Crippen LogP contribution is 2.06. The Hall–Kier alpha value is -1.32. The van der Waals surface area contributed by atoms with E-state index in [9.17, 15) is 4.79 Å². The highest BCUT2D eigenvalue weighted by atomic mass is 16.5. The van der Waals surface area contributed by atoms with Gasteiger partial charge in [-0.2, -0.15) is 0 Å². The summed E-state index contributed by atoms with van der Waals surface area (Å²) in [5, 5.41) is 0. The van der Waals surface area contributed by atoms with Crippen molar-refractivity contribution in [2.24, 2.45) is 10.7 Å². The SMILES string of the molecule is CCOC(=O)C(=CN)C(CC)=NC(C)C. The van der Waals surface area contributed by atoms with Crippen molar-refractivity contribution in [1.29, 1.82) is 0 Å². The van der Waals surface area contributed by atoms with Gasteiger partial charge >= 0.3 is 5.97 Å². The van der Waals surface area contributed by atoms with Crippen molar-refractivity contribution < 1.29 is 9.53 Å². The summed E-state index contributed by atoms with van der Waals surface area (Å²) in [6.07, 6.45) is 1.93. The van der Waals surface area contributed by atoms with Gasteiger partial charge in [-0.3, -0.25) is 4.99 Å². The summed E-state index contributed by atoms with van der Waals surface area (Å²) in [6.45, 7) is 7.94. The van der Waals surface area contributed by atoms with Crippen LogP contribution in [0.5, 0.6) is 0 Å². The molecule has 0 rings (SSSR count). The lowest BCUT2D eigenvalue weighted by Crippen LogP contribution is -2.18. The largest absolute Gasteiger partial charge is 0.462 e. The van der Waals surface area contributed by atoms with Gasteiger partial charge in [0.05, 0.1) is 17.9 Å². The molecule has 0 heterocycles. The van der Waals surface area contributed by atoms with Crippen molar-refractivity contribution in [2.75, 3.05) is 6.61 Å². The van der Waals surface area contributed by atoms with Gasteiger partial charge in [0.15, 0.2) is 0 Å². The smallest absolute Gasteiger partial charge is 0.341 e. The normalized spacial score (nSPS) is 13.1. The van der Waals surface area contributed by atoms with E-state index < -0.39 is 5.97 Å². The second kappa shape index (κ2) is 7.04. The minimum atomic E-state index is -0.402. The standard InChI is InChI=1S/C11H20N2O2/c1-5-10(13-8(3)4)9(7-12)11(14)15-6-2/h7-8H,5-6,12H2,1-4H3. The Balaban J connectivity index is 4.86. The van der Waals surface area contributed by atoms with Crippen molar-refractivity contribution >= 4 is 11.7 Å². The van der Waals surface area contributed by atoms with Crippen molar-refractivity contribution in [1.82, 2.24) is 0 Å². The zero-order valence-electron chi connectivity index (χ0n) is 9.91. The van der Waals surface area contributed by atoms with Gasteiger partial charge in [-0.25, -0.2) is 4.79 Å². The van der Waals surface area contributed by atoms with E-state index in [4.69, 9.17) is 10.5 Å². The molecule has 4 heteroatoms. The molecule has 15 heavy (non-hydrogen) atoms. The molecule has 2 N–H and O–H groups in total. The molecule has 0 saturated heterocycles. The lowest BCUT2D eigenvalue weighted by Gasteiger charge is -2.09. The van der Waals surface area contributed by atoms with Crippen LogP contribution in [0, 0.1) is 0 Å². The predicted molar refractivity (Wildman–Crippen MR) is 61.8 cm³/mol. The maximum Gasteiger partial charge on any atom is 0.341 e. The summed E-state index contributed by atoms with van der Waals surface area (Å²) in [7, 11) is 0. The lowest BCUT2D eigenvalue weighted by atomic mass is 10.1. The number of carbonyl (C=O) groups is 1. The average molecular weight is 212 g/mol. The lowest BCUT2D eigenvalue weighted by molar-refractivity contribution is -0.137. The molecule has 4 nitrogen and oxygen atoms in total. The quantitative estimate of drug-likeness (QED) is 0.428. The first-order valence-corrected chi connectivity index (χ1v) is 5.22. The van der Waals surface area contributed by atoms with E-state index in [0.29, 0.717) is 24.3 Å². The van der Waals surface area contributed by atoms with E-state index in [-0.39, 0.29) is 6.04 Å². The van der Waals surface area contributed by atoms with Crippen LogP contribution in [0.15, 0.2) is 16.8 Å². The Morgan fingerprint density at radius 3 is 2.40 bits per heavy atom. The highest BCUT2D eigenvalue weighted by Gasteiger charge is 2.15. The first-order valence-electron chi connectivity index (χ1n) is 5.22. The first-order chi connectivity index (χ1) is 7.06. The molecule has 0 spiro atoms. The third-order valence-electron chi connectivity index (χ3n) is 1.72. The molecule has 0 saturated carbocycles. The number of ether oxygens (including phenoxy) is 1. The zero-order valence-corrected chi connectivity index (χ0v) is 9.91. The number of hydrogen-bond acceptors (Lipinski definition) is 4. The Kier molecular flexibility index (Phi) is 6.42. The Bertz CT molecular complexity index is 268. The third-order valence-corrected chi connectivity index (χ3v) is 1.72. The van der Waals surface area contributed by atoms with Gasteiger partial charge in [0.2, 0.25) is 0 Å². The van der Waals surface area contributed by atoms with Crippen LogP contribution in [0.2, 0.25) is 0 Å². The van der Waals surface area contributed by atoms with Crippen molar-refractivity contribution in [2.45, 2.75) is 40.2 Å². The molecule has 0 fully saturated rings. The summed E-state index contributed by atoms with van der Waals surface area (Å²) in [5.41, 5.74) is 6.48. The average Bonchev–Trinajstić information content (AvgIpc) is 2.17. The van der Waals surface area contributed by atoms with E-state index in [1.165, 1.54) is 6.20 Å². The van der Waals surface area contributed by atoms with Gasteiger partial charge < -0.3 is 10.5 Å². The molecule has 0 atom stereocenters. The van der Waals surface area contributed by atoms with E-state index in [0.717, 1.165) is 0 Å². The zero-order chi connectivity index (χ0) is 11.8.